The summed E-state index contributed by atoms with van der Waals surface area (Å²) in [4.78, 5) is 11.4. The Balaban J connectivity index is 2.35. The largest absolute Gasteiger partial charge is 0.481 e. The van der Waals surface area contributed by atoms with E-state index in [1.807, 2.05) is 32.0 Å². The van der Waals surface area contributed by atoms with Gasteiger partial charge in [0, 0.05) is 6.07 Å². The van der Waals surface area contributed by atoms with E-state index in [0.29, 0.717) is 0 Å². The second-order valence-electron chi connectivity index (χ2n) is 5.22. The van der Waals surface area contributed by atoms with Gasteiger partial charge in [-0.15, -0.1) is 0 Å². The average molecular weight is 290 g/mol. The van der Waals surface area contributed by atoms with Gasteiger partial charge in [0.05, 0.1) is 5.92 Å². The molecule has 0 aliphatic carbocycles. The van der Waals surface area contributed by atoms with E-state index in [-0.39, 0.29) is 12.0 Å². The van der Waals surface area contributed by atoms with E-state index >= 15 is 0 Å². The Hall–Kier alpha value is -2.23. The number of halogens is 2. The second-order valence-corrected chi connectivity index (χ2v) is 5.22. The third kappa shape index (κ3) is 3.66. The molecule has 0 saturated carbocycles. The lowest BCUT2D eigenvalue weighted by atomic mass is 9.91. The van der Waals surface area contributed by atoms with Gasteiger partial charge in [-0.2, -0.15) is 0 Å². The lowest BCUT2D eigenvalue weighted by Gasteiger charge is -2.14. The summed E-state index contributed by atoms with van der Waals surface area (Å²) < 4.78 is 26.5. The predicted octanol–water partition coefficient (Wildman–Crippen LogP) is 3.99. The van der Waals surface area contributed by atoms with E-state index in [9.17, 15) is 18.7 Å². The highest BCUT2D eigenvalue weighted by molar-refractivity contribution is 5.76. The average Bonchev–Trinajstić information content (AvgIpc) is 2.38. The molecule has 0 aliphatic heterocycles. The summed E-state index contributed by atoms with van der Waals surface area (Å²) in [6.45, 7) is 3.91. The molecule has 2 aromatic rings. The van der Waals surface area contributed by atoms with E-state index < -0.39 is 23.5 Å². The van der Waals surface area contributed by atoms with E-state index in [2.05, 4.69) is 0 Å². The second kappa shape index (κ2) is 6.04. The molecule has 0 aromatic heterocycles. The van der Waals surface area contributed by atoms with Gasteiger partial charge in [-0.25, -0.2) is 8.78 Å². The lowest BCUT2D eigenvalue weighted by Crippen LogP contribution is -2.15. The molecule has 2 aromatic carbocycles. The number of carbonyl (C=O) groups is 1. The molecule has 2 nitrogen and oxygen atoms in total. The van der Waals surface area contributed by atoms with E-state index in [1.165, 1.54) is 0 Å². The van der Waals surface area contributed by atoms with Crippen molar-refractivity contribution in [1.82, 2.24) is 0 Å². The minimum Gasteiger partial charge on any atom is -0.481 e. The number of hydrogen-bond acceptors (Lipinski definition) is 1. The van der Waals surface area contributed by atoms with Crippen molar-refractivity contribution in [2.24, 2.45) is 0 Å². The molecule has 21 heavy (non-hydrogen) atoms. The van der Waals surface area contributed by atoms with Crippen LogP contribution in [0.1, 0.15) is 28.2 Å². The van der Waals surface area contributed by atoms with Gasteiger partial charge in [0.2, 0.25) is 0 Å². The fourth-order valence-corrected chi connectivity index (χ4v) is 2.29. The smallest absolute Gasteiger partial charge is 0.311 e. The molecule has 1 atom stereocenters. The maximum Gasteiger partial charge on any atom is 0.311 e. The van der Waals surface area contributed by atoms with Crippen LogP contribution in [0.3, 0.4) is 0 Å². The predicted molar refractivity (Wildman–Crippen MR) is 76.4 cm³/mol. The Morgan fingerprint density at radius 3 is 2.19 bits per heavy atom. The molecular formula is C17H16F2O2. The maximum atomic E-state index is 13.3. The molecular weight excluding hydrogens is 274 g/mol. The third-order valence-electron chi connectivity index (χ3n) is 3.60. The van der Waals surface area contributed by atoms with Crippen LogP contribution in [0.4, 0.5) is 8.78 Å². The SMILES string of the molecule is Cc1ccc(CC(C(=O)O)c2cc(F)cc(F)c2)cc1C. The zero-order valence-electron chi connectivity index (χ0n) is 11.9. The number of hydrogen-bond donors (Lipinski definition) is 1. The number of carboxylic acid groups (broad SMARTS) is 1. The molecule has 4 heteroatoms. The number of rotatable bonds is 4. The molecule has 1 unspecified atom stereocenters. The van der Waals surface area contributed by atoms with Gasteiger partial charge in [0.15, 0.2) is 0 Å². The van der Waals surface area contributed by atoms with Gasteiger partial charge in [-0.3, -0.25) is 4.79 Å². The molecule has 1 N–H and O–H groups in total. The van der Waals surface area contributed by atoms with Gasteiger partial charge in [-0.1, -0.05) is 18.2 Å². The first-order chi connectivity index (χ1) is 9.86. The quantitative estimate of drug-likeness (QED) is 0.924. The topological polar surface area (TPSA) is 37.3 Å². The van der Waals surface area contributed by atoms with Crippen molar-refractivity contribution >= 4 is 5.97 Å². The Labute approximate surface area is 122 Å². The Bertz CT molecular complexity index is 660. The standard InChI is InChI=1S/C17H16F2O2/c1-10-3-4-12(5-11(10)2)6-16(17(20)21)13-7-14(18)9-15(19)8-13/h3-5,7-9,16H,6H2,1-2H3,(H,20,21). The van der Waals surface area contributed by atoms with Crippen molar-refractivity contribution in [2.75, 3.05) is 0 Å². The number of carboxylic acids is 1. The number of aryl methyl sites for hydroxylation is 2. The summed E-state index contributed by atoms with van der Waals surface area (Å²) in [6, 6.07) is 8.54. The highest BCUT2D eigenvalue weighted by Gasteiger charge is 2.22. The van der Waals surface area contributed by atoms with Crippen molar-refractivity contribution in [3.63, 3.8) is 0 Å². The Morgan fingerprint density at radius 2 is 1.67 bits per heavy atom. The van der Waals surface area contributed by atoms with Gasteiger partial charge < -0.3 is 5.11 Å². The first kappa shape index (κ1) is 15.2. The van der Waals surface area contributed by atoms with Crippen LogP contribution < -0.4 is 0 Å². The molecule has 110 valence electrons. The van der Waals surface area contributed by atoms with Crippen molar-refractivity contribution in [1.29, 1.82) is 0 Å². The normalized spacial score (nSPS) is 12.2. The van der Waals surface area contributed by atoms with Crippen LogP contribution in [0.15, 0.2) is 36.4 Å². The highest BCUT2D eigenvalue weighted by Crippen LogP contribution is 2.24. The van der Waals surface area contributed by atoms with Crippen LogP contribution in [0.5, 0.6) is 0 Å². The number of benzene rings is 2. The molecule has 0 fully saturated rings. The van der Waals surface area contributed by atoms with Crippen LogP contribution >= 0.6 is 0 Å². The molecule has 0 radical (unpaired) electrons. The fraction of sp³-hybridized carbons (Fsp3) is 0.235. The fourth-order valence-electron chi connectivity index (χ4n) is 2.29. The van der Waals surface area contributed by atoms with E-state index in [1.54, 1.807) is 0 Å². The van der Waals surface area contributed by atoms with Gasteiger partial charge >= 0.3 is 5.97 Å². The van der Waals surface area contributed by atoms with E-state index in [0.717, 1.165) is 34.9 Å². The zero-order chi connectivity index (χ0) is 15.6. The van der Waals surface area contributed by atoms with Crippen molar-refractivity contribution in [2.45, 2.75) is 26.2 Å². The Morgan fingerprint density at radius 1 is 1.05 bits per heavy atom. The van der Waals surface area contributed by atoms with Gasteiger partial charge in [0.25, 0.3) is 0 Å². The lowest BCUT2D eigenvalue weighted by molar-refractivity contribution is -0.138. The summed E-state index contributed by atoms with van der Waals surface area (Å²) in [7, 11) is 0. The van der Waals surface area contributed by atoms with E-state index in [4.69, 9.17) is 0 Å². The molecule has 0 heterocycles. The van der Waals surface area contributed by atoms with Gasteiger partial charge in [-0.05, 0) is 54.7 Å². The molecule has 0 saturated heterocycles. The molecule has 0 bridgehead atoms. The van der Waals surface area contributed by atoms with Crippen molar-refractivity contribution in [3.05, 3.63) is 70.3 Å². The first-order valence-corrected chi connectivity index (χ1v) is 6.61. The van der Waals surface area contributed by atoms with Crippen molar-refractivity contribution in [3.8, 4) is 0 Å². The first-order valence-electron chi connectivity index (χ1n) is 6.61. The van der Waals surface area contributed by atoms with Crippen LogP contribution in [-0.4, -0.2) is 11.1 Å². The van der Waals surface area contributed by atoms with Crippen molar-refractivity contribution < 1.29 is 18.7 Å². The summed E-state index contributed by atoms with van der Waals surface area (Å²) in [5.41, 5.74) is 3.14. The molecule has 0 amide bonds. The van der Waals surface area contributed by atoms with Crippen LogP contribution in [0.2, 0.25) is 0 Å². The molecule has 0 spiro atoms. The molecule has 0 aliphatic rings. The van der Waals surface area contributed by atoms with Gasteiger partial charge in [0.1, 0.15) is 11.6 Å². The minimum atomic E-state index is -1.10. The third-order valence-corrected chi connectivity index (χ3v) is 3.60. The van der Waals surface area contributed by atoms with Crippen LogP contribution in [-0.2, 0) is 11.2 Å². The van der Waals surface area contributed by atoms with Crippen LogP contribution in [0.25, 0.3) is 0 Å². The summed E-state index contributed by atoms with van der Waals surface area (Å²) in [6.07, 6.45) is 0.194. The Kier molecular flexibility index (Phi) is 4.36. The maximum absolute atomic E-state index is 13.3. The zero-order valence-corrected chi connectivity index (χ0v) is 11.9. The summed E-state index contributed by atoms with van der Waals surface area (Å²) >= 11 is 0. The monoisotopic (exact) mass is 290 g/mol. The van der Waals surface area contributed by atoms with Crippen LogP contribution in [0, 0.1) is 25.5 Å². The highest BCUT2D eigenvalue weighted by atomic mass is 19.1. The molecule has 2 rings (SSSR count). The summed E-state index contributed by atoms with van der Waals surface area (Å²) in [5.74, 6) is -3.61. The minimum absolute atomic E-state index is 0.137. The summed E-state index contributed by atoms with van der Waals surface area (Å²) in [5, 5.41) is 9.35. The number of aliphatic carboxylic acids is 1.